The molecule has 176 valence electrons. The predicted octanol–water partition coefficient (Wildman–Crippen LogP) is 4.12. The second-order valence-electron chi connectivity index (χ2n) is 8.06. The summed E-state index contributed by atoms with van der Waals surface area (Å²) < 4.78 is 40.9. The summed E-state index contributed by atoms with van der Waals surface area (Å²) in [6, 6.07) is 19.9. The molecule has 0 aliphatic carbocycles. The molecule has 0 aromatic heterocycles. The number of carbonyl (C=O) groups is 2. The molecule has 1 fully saturated rings. The van der Waals surface area contributed by atoms with Crippen molar-refractivity contribution >= 4 is 33.2 Å². The number of halogens is 1. The van der Waals surface area contributed by atoms with Crippen molar-refractivity contribution in [3.63, 3.8) is 0 Å². The standard InChI is InChI=1S/C25H24FN3O4S/c26-20-9-11-22(12-10-20)28-34(32,33)23-8-4-5-19(17-23)25(31)29-15-13-18(14-16-29)24(30)27-21-6-2-1-3-7-21/h1-12,17-18,28H,13-16H2,(H,27,30). The second kappa shape index (κ2) is 10.0. The highest BCUT2D eigenvalue weighted by molar-refractivity contribution is 7.92. The molecule has 1 aliphatic rings. The Bertz CT molecular complexity index is 1270. The van der Waals surface area contributed by atoms with E-state index in [1.165, 1.54) is 30.3 Å². The van der Waals surface area contributed by atoms with Crippen LogP contribution in [0.3, 0.4) is 0 Å². The number of para-hydroxylation sites is 1. The summed E-state index contributed by atoms with van der Waals surface area (Å²) in [5.41, 5.74) is 1.20. The van der Waals surface area contributed by atoms with Gasteiger partial charge in [-0.3, -0.25) is 14.3 Å². The lowest BCUT2D eigenvalue weighted by atomic mass is 9.95. The molecule has 0 radical (unpaired) electrons. The zero-order chi connectivity index (χ0) is 24.1. The van der Waals surface area contributed by atoms with E-state index in [0.29, 0.717) is 25.9 Å². The largest absolute Gasteiger partial charge is 0.339 e. The molecule has 0 unspecified atom stereocenters. The lowest BCUT2D eigenvalue weighted by Crippen LogP contribution is -2.41. The van der Waals surface area contributed by atoms with Gasteiger partial charge in [-0.1, -0.05) is 24.3 Å². The van der Waals surface area contributed by atoms with Gasteiger partial charge in [-0.05, 0) is 67.4 Å². The predicted molar refractivity (Wildman–Crippen MR) is 127 cm³/mol. The summed E-state index contributed by atoms with van der Waals surface area (Å²) in [5, 5.41) is 2.90. The summed E-state index contributed by atoms with van der Waals surface area (Å²) in [4.78, 5) is 27.1. The van der Waals surface area contributed by atoms with Crippen LogP contribution < -0.4 is 10.0 Å². The molecule has 1 saturated heterocycles. The van der Waals surface area contributed by atoms with Crippen molar-refractivity contribution in [3.05, 3.63) is 90.2 Å². The number of piperidine rings is 1. The van der Waals surface area contributed by atoms with Crippen LogP contribution in [0.25, 0.3) is 0 Å². The van der Waals surface area contributed by atoms with E-state index in [0.717, 1.165) is 17.8 Å². The van der Waals surface area contributed by atoms with Crippen LogP contribution in [0.4, 0.5) is 15.8 Å². The number of hydrogen-bond acceptors (Lipinski definition) is 4. The molecule has 3 aromatic carbocycles. The smallest absolute Gasteiger partial charge is 0.261 e. The summed E-state index contributed by atoms with van der Waals surface area (Å²) in [7, 11) is -3.96. The molecule has 2 N–H and O–H groups in total. The topological polar surface area (TPSA) is 95.6 Å². The molecule has 1 aliphatic heterocycles. The van der Waals surface area contributed by atoms with Crippen LogP contribution >= 0.6 is 0 Å². The zero-order valence-corrected chi connectivity index (χ0v) is 19.1. The SMILES string of the molecule is O=C(Nc1ccccc1)C1CCN(C(=O)c2cccc(S(=O)(=O)Nc3ccc(F)cc3)c2)CC1. The molecular weight excluding hydrogens is 457 g/mol. The number of hydrogen-bond donors (Lipinski definition) is 2. The molecule has 0 bridgehead atoms. The number of nitrogens with one attached hydrogen (secondary N) is 2. The number of likely N-dealkylation sites (tertiary alicyclic amines) is 1. The molecule has 0 saturated carbocycles. The van der Waals surface area contributed by atoms with Gasteiger partial charge in [0.15, 0.2) is 0 Å². The molecule has 4 rings (SSSR count). The van der Waals surface area contributed by atoms with Gasteiger partial charge >= 0.3 is 0 Å². The first-order chi connectivity index (χ1) is 16.3. The summed E-state index contributed by atoms with van der Waals surface area (Å²) >= 11 is 0. The van der Waals surface area contributed by atoms with Gasteiger partial charge in [0, 0.05) is 35.9 Å². The number of amides is 2. The van der Waals surface area contributed by atoms with Crippen LogP contribution in [0.15, 0.2) is 83.8 Å². The number of anilines is 2. The fourth-order valence-corrected chi connectivity index (χ4v) is 4.93. The van der Waals surface area contributed by atoms with Gasteiger partial charge in [0.1, 0.15) is 5.82 Å². The van der Waals surface area contributed by atoms with Gasteiger partial charge < -0.3 is 10.2 Å². The molecular formula is C25H24FN3O4S. The fraction of sp³-hybridized carbons (Fsp3) is 0.200. The number of sulfonamides is 1. The molecule has 34 heavy (non-hydrogen) atoms. The van der Waals surface area contributed by atoms with Crippen LogP contribution in [-0.2, 0) is 14.8 Å². The van der Waals surface area contributed by atoms with Crippen LogP contribution in [0, 0.1) is 11.7 Å². The van der Waals surface area contributed by atoms with E-state index in [9.17, 15) is 22.4 Å². The molecule has 0 spiro atoms. The van der Waals surface area contributed by atoms with Crippen molar-refractivity contribution in [3.8, 4) is 0 Å². The highest BCUT2D eigenvalue weighted by Crippen LogP contribution is 2.23. The number of nitrogens with zero attached hydrogens (tertiary/aromatic N) is 1. The van der Waals surface area contributed by atoms with Gasteiger partial charge in [0.05, 0.1) is 4.90 Å². The Hall–Kier alpha value is -3.72. The third-order valence-electron chi connectivity index (χ3n) is 5.68. The van der Waals surface area contributed by atoms with Crippen molar-refractivity contribution in [2.24, 2.45) is 5.92 Å². The summed E-state index contributed by atoms with van der Waals surface area (Å²) in [5.74, 6) is -1.04. The van der Waals surface area contributed by atoms with Crippen molar-refractivity contribution in [1.29, 1.82) is 0 Å². The minimum absolute atomic E-state index is 0.0696. The maximum atomic E-state index is 13.1. The van der Waals surface area contributed by atoms with Crippen LogP contribution in [0.2, 0.25) is 0 Å². The Balaban J connectivity index is 1.39. The normalized spacial score (nSPS) is 14.4. The quantitative estimate of drug-likeness (QED) is 0.554. The van der Waals surface area contributed by atoms with E-state index in [1.54, 1.807) is 11.0 Å². The maximum absolute atomic E-state index is 13.1. The van der Waals surface area contributed by atoms with Gasteiger partial charge in [-0.15, -0.1) is 0 Å². The van der Waals surface area contributed by atoms with E-state index in [2.05, 4.69) is 10.0 Å². The fourth-order valence-electron chi connectivity index (χ4n) is 3.82. The van der Waals surface area contributed by atoms with Crippen molar-refractivity contribution in [2.75, 3.05) is 23.1 Å². The number of benzene rings is 3. The zero-order valence-electron chi connectivity index (χ0n) is 18.3. The van der Waals surface area contributed by atoms with Crippen molar-refractivity contribution < 1.29 is 22.4 Å². The maximum Gasteiger partial charge on any atom is 0.261 e. The first-order valence-corrected chi connectivity index (χ1v) is 12.3. The molecule has 9 heteroatoms. The van der Waals surface area contributed by atoms with E-state index >= 15 is 0 Å². The first kappa shape index (κ1) is 23.4. The minimum Gasteiger partial charge on any atom is -0.339 e. The van der Waals surface area contributed by atoms with Gasteiger partial charge in [0.25, 0.3) is 15.9 Å². The van der Waals surface area contributed by atoms with Crippen LogP contribution in [-0.4, -0.2) is 38.2 Å². The van der Waals surface area contributed by atoms with E-state index in [-0.39, 0.29) is 33.9 Å². The van der Waals surface area contributed by atoms with E-state index in [1.807, 2.05) is 30.3 Å². The molecule has 1 heterocycles. The first-order valence-electron chi connectivity index (χ1n) is 10.9. The third kappa shape index (κ3) is 5.60. The Kier molecular flexibility index (Phi) is 6.93. The van der Waals surface area contributed by atoms with Crippen molar-refractivity contribution in [1.82, 2.24) is 4.90 Å². The monoisotopic (exact) mass is 481 g/mol. The van der Waals surface area contributed by atoms with Crippen LogP contribution in [0.5, 0.6) is 0 Å². The summed E-state index contributed by atoms with van der Waals surface area (Å²) in [6.45, 7) is 0.799. The van der Waals surface area contributed by atoms with E-state index < -0.39 is 15.8 Å². The highest BCUT2D eigenvalue weighted by Gasteiger charge is 2.28. The Morgan fingerprint density at radius 3 is 2.21 bits per heavy atom. The average Bonchev–Trinajstić information content (AvgIpc) is 2.86. The number of rotatable bonds is 6. The average molecular weight is 482 g/mol. The lowest BCUT2D eigenvalue weighted by Gasteiger charge is -2.31. The Labute approximate surface area is 197 Å². The molecule has 2 amide bonds. The Morgan fingerprint density at radius 2 is 1.53 bits per heavy atom. The second-order valence-corrected chi connectivity index (χ2v) is 9.74. The summed E-state index contributed by atoms with van der Waals surface area (Å²) in [6.07, 6.45) is 1.04. The van der Waals surface area contributed by atoms with Gasteiger partial charge in [-0.2, -0.15) is 0 Å². The van der Waals surface area contributed by atoms with E-state index in [4.69, 9.17) is 0 Å². The van der Waals surface area contributed by atoms with Gasteiger partial charge in [0.2, 0.25) is 5.91 Å². The van der Waals surface area contributed by atoms with Gasteiger partial charge in [-0.25, -0.2) is 12.8 Å². The molecule has 0 atom stereocenters. The Morgan fingerprint density at radius 1 is 0.853 bits per heavy atom. The lowest BCUT2D eigenvalue weighted by molar-refractivity contribution is -0.121. The third-order valence-corrected chi connectivity index (χ3v) is 7.06. The van der Waals surface area contributed by atoms with Crippen molar-refractivity contribution in [2.45, 2.75) is 17.7 Å². The van der Waals surface area contributed by atoms with Crippen LogP contribution in [0.1, 0.15) is 23.2 Å². The highest BCUT2D eigenvalue weighted by atomic mass is 32.2. The number of carbonyl (C=O) groups excluding carboxylic acids is 2. The molecule has 7 nitrogen and oxygen atoms in total. The minimum atomic E-state index is -3.96. The molecule has 3 aromatic rings.